The molecule has 0 amide bonds. The van der Waals surface area contributed by atoms with E-state index >= 15 is 0 Å². The maximum Gasteiger partial charge on any atom is 0.339 e. The fourth-order valence-electron chi connectivity index (χ4n) is 2.14. The number of nitrogens with zero attached hydrogens (tertiary/aromatic N) is 5. The third-order valence-electron chi connectivity index (χ3n) is 3.03. The average Bonchev–Trinajstić information content (AvgIpc) is 3.08. The van der Waals surface area contributed by atoms with Gasteiger partial charge >= 0.3 is 5.97 Å². The van der Waals surface area contributed by atoms with Crippen LogP contribution in [0.4, 0.5) is 0 Å². The van der Waals surface area contributed by atoms with E-state index in [2.05, 4.69) is 20.1 Å². The first-order valence-corrected chi connectivity index (χ1v) is 7.50. The van der Waals surface area contributed by atoms with Crippen molar-refractivity contribution >= 4 is 17.7 Å². The summed E-state index contributed by atoms with van der Waals surface area (Å²) < 4.78 is 1.58. The molecule has 0 aliphatic heterocycles. The minimum atomic E-state index is -1.05. The first-order chi connectivity index (χ1) is 10.7. The Bertz CT molecular complexity index is 806. The number of aromatic nitrogens is 5. The second kappa shape index (κ2) is 5.94. The standard InChI is InChI=1S/C14H11N5O2S/c1-22-13-12(14(20)21)11(9-5-15-8-16-6-9)10(7-17-13)19-4-2-3-18-19/h2-8H,1H3,(H,20,21). The summed E-state index contributed by atoms with van der Waals surface area (Å²) in [5.74, 6) is -1.05. The number of aromatic carboxylic acids is 1. The lowest BCUT2D eigenvalue weighted by Crippen LogP contribution is -2.09. The predicted octanol–water partition coefficient (Wildman–Crippen LogP) is 2.14. The van der Waals surface area contributed by atoms with Crippen LogP contribution in [0.1, 0.15) is 10.4 Å². The van der Waals surface area contributed by atoms with Gasteiger partial charge in [-0.05, 0) is 12.3 Å². The second-order valence-corrected chi connectivity index (χ2v) is 5.08. The molecule has 0 fully saturated rings. The Labute approximate surface area is 130 Å². The van der Waals surface area contributed by atoms with E-state index in [0.29, 0.717) is 21.8 Å². The van der Waals surface area contributed by atoms with Crippen LogP contribution in [0.5, 0.6) is 0 Å². The van der Waals surface area contributed by atoms with Crippen LogP contribution in [0.25, 0.3) is 16.8 Å². The van der Waals surface area contributed by atoms with Crippen LogP contribution in [-0.2, 0) is 0 Å². The van der Waals surface area contributed by atoms with Crippen LogP contribution < -0.4 is 0 Å². The number of carbonyl (C=O) groups is 1. The first kappa shape index (κ1) is 14.2. The van der Waals surface area contributed by atoms with Crippen molar-refractivity contribution in [3.63, 3.8) is 0 Å². The van der Waals surface area contributed by atoms with E-state index in [1.807, 2.05) is 0 Å². The number of thioether (sulfide) groups is 1. The van der Waals surface area contributed by atoms with Gasteiger partial charge in [-0.3, -0.25) is 0 Å². The van der Waals surface area contributed by atoms with Crippen LogP contribution in [0.15, 0.2) is 48.4 Å². The van der Waals surface area contributed by atoms with Gasteiger partial charge in [0.05, 0.1) is 11.9 Å². The predicted molar refractivity (Wildman–Crippen MR) is 81.1 cm³/mol. The molecule has 110 valence electrons. The van der Waals surface area contributed by atoms with Gasteiger partial charge in [0, 0.05) is 35.9 Å². The topological polar surface area (TPSA) is 93.8 Å². The molecule has 0 unspecified atom stereocenters. The molecule has 0 saturated carbocycles. The van der Waals surface area contributed by atoms with Gasteiger partial charge < -0.3 is 5.11 Å². The number of rotatable bonds is 4. The Kier molecular flexibility index (Phi) is 3.84. The zero-order valence-electron chi connectivity index (χ0n) is 11.5. The highest BCUT2D eigenvalue weighted by atomic mass is 32.2. The van der Waals surface area contributed by atoms with Gasteiger partial charge in [-0.1, -0.05) is 0 Å². The fourth-order valence-corrected chi connectivity index (χ4v) is 2.69. The van der Waals surface area contributed by atoms with Gasteiger partial charge in [-0.2, -0.15) is 5.10 Å². The molecular weight excluding hydrogens is 302 g/mol. The molecule has 0 saturated heterocycles. The average molecular weight is 313 g/mol. The van der Waals surface area contributed by atoms with Crippen molar-refractivity contribution in [2.75, 3.05) is 6.26 Å². The molecule has 22 heavy (non-hydrogen) atoms. The van der Waals surface area contributed by atoms with Crippen LogP contribution >= 0.6 is 11.8 Å². The minimum absolute atomic E-state index is 0.121. The van der Waals surface area contributed by atoms with Crippen molar-refractivity contribution in [2.45, 2.75) is 5.03 Å². The maximum atomic E-state index is 11.8. The van der Waals surface area contributed by atoms with E-state index in [-0.39, 0.29) is 5.56 Å². The molecule has 0 radical (unpaired) electrons. The van der Waals surface area contributed by atoms with Gasteiger partial charge in [0.25, 0.3) is 0 Å². The van der Waals surface area contributed by atoms with E-state index < -0.39 is 5.97 Å². The lowest BCUT2D eigenvalue weighted by atomic mass is 10.0. The molecule has 3 aromatic rings. The van der Waals surface area contributed by atoms with Crippen molar-refractivity contribution in [1.29, 1.82) is 0 Å². The number of carboxylic acids is 1. The Morgan fingerprint density at radius 3 is 2.64 bits per heavy atom. The van der Waals surface area contributed by atoms with Gasteiger partial charge in [0.15, 0.2) is 0 Å². The smallest absolute Gasteiger partial charge is 0.339 e. The minimum Gasteiger partial charge on any atom is -0.478 e. The Morgan fingerprint density at radius 2 is 2.05 bits per heavy atom. The highest BCUT2D eigenvalue weighted by molar-refractivity contribution is 7.98. The van der Waals surface area contributed by atoms with E-state index in [9.17, 15) is 9.90 Å². The monoisotopic (exact) mass is 313 g/mol. The molecule has 0 bridgehead atoms. The highest BCUT2D eigenvalue weighted by Gasteiger charge is 2.23. The fraction of sp³-hybridized carbons (Fsp3) is 0.0714. The number of carboxylic acid groups (broad SMARTS) is 1. The van der Waals surface area contributed by atoms with Crippen molar-refractivity contribution in [3.8, 4) is 16.8 Å². The highest BCUT2D eigenvalue weighted by Crippen LogP contribution is 2.33. The van der Waals surface area contributed by atoms with Crippen molar-refractivity contribution in [3.05, 3.63) is 48.9 Å². The summed E-state index contributed by atoms with van der Waals surface area (Å²) in [6.07, 6.45) is 11.3. The maximum absolute atomic E-state index is 11.8. The number of hydrogen-bond donors (Lipinski definition) is 1. The molecule has 7 nitrogen and oxygen atoms in total. The molecule has 1 N–H and O–H groups in total. The van der Waals surface area contributed by atoms with Crippen LogP contribution in [0.2, 0.25) is 0 Å². The lowest BCUT2D eigenvalue weighted by molar-refractivity contribution is 0.0693. The third kappa shape index (κ3) is 2.44. The lowest BCUT2D eigenvalue weighted by Gasteiger charge is -2.14. The molecule has 8 heteroatoms. The molecule has 0 atom stereocenters. The summed E-state index contributed by atoms with van der Waals surface area (Å²) in [4.78, 5) is 24.0. The van der Waals surface area contributed by atoms with Crippen LogP contribution in [0.3, 0.4) is 0 Å². The van der Waals surface area contributed by atoms with Crippen LogP contribution in [-0.4, -0.2) is 42.1 Å². The van der Waals surface area contributed by atoms with E-state index in [4.69, 9.17) is 0 Å². The summed E-state index contributed by atoms with van der Waals surface area (Å²) >= 11 is 1.28. The SMILES string of the molecule is CSc1ncc(-n2cccn2)c(-c2cncnc2)c1C(=O)O. The summed E-state index contributed by atoms with van der Waals surface area (Å²) in [7, 11) is 0. The van der Waals surface area contributed by atoms with Gasteiger partial charge in [0.2, 0.25) is 0 Å². The molecule has 3 rings (SSSR count). The van der Waals surface area contributed by atoms with E-state index in [1.165, 1.54) is 18.1 Å². The number of hydrogen-bond acceptors (Lipinski definition) is 6. The third-order valence-corrected chi connectivity index (χ3v) is 3.73. The van der Waals surface area contributed by atoms with Crippen molar-refractivity contribution in [2.24, 2.45) is 0 Å². The van der Waals surface area contributed by atoms with Crippen molar-refractivity contribution in [1.82, 2.24) is 24.7 Å². The molecule has 0 aliphatic rings. The molecule has 3 heterocycles. The quantitative estimate of drug-likeness (QED) is 0.737. The van der Waals surface area contributed by atoms with E-state index in [1.54, 1.807) is 48.0 Å². The molecule has 3 aromatic heterocycles. The summed E-state index contributed by atoms with van der Waals surface area (Å²) in [6, 6.07) is 1.76. The normalized spacial score (nSPS) is 10.6. The number of pyridine rings is 1. The molecule has 0 spiro atoms. The Hall–Kier alpha value is -2.74. The van der Waals surface area contributed by atoms with E-state index in [0.717, 1.165) is 0 Å². The second-order valence-electron chi connectivity index (χ2n) is 4.29. The summed E-state index contributed by atoms with van der Waals surface area (Å²) in [6.45, 7) is 0. The first-order valence-electron chi connectivity index (χ1n) is 6.28. The zero-order valence-corrected chi connectivity index (χ0v) is 12.4. The largest absolute Gasteiger partial charge is 0.478 e. The van der Waals surface area contributed by atoms with Gasteiger partial charge in [0.1, 0.15) is 16.9 Å². The summed E-state index contributed by atoms with van der Waals surface area (Å²) in [5.41, 5.74) is 1.78. The molecular formula is C14H11N5O2S. The zero-order chi connectivity index (χ0) is 15.5. The molecule has 0 aliphatic carbocycles. The van der Waals surface area contributed by atoms with Crippen LogP contribution in [0, 0.1) is 0 Å². The molecule has 0 aromatic carbocycles. The van der Waals surface area contributed by atoms with Gasteiger partial charge in [-0.15, -0.1) is 11.8 Å². The van der Waals surface area contributed by atoms with Gasteiger partial charge in [-0.25, -0.2) is 24.4 Å². The van der Waals surface area contributed by atoms with Crippen molar-refractivity contribution < 1.29 is 9.90 Å². The Morgan fingerprint density at radius 1 is 1.27 bits per heavy atom. The Balaban J connectivity index is 2.37. The summed E-state index contributed by atoms with van der Waals surface area (Å²) in [5, 5.41) is 14.2.